The van der Waals surface area contributed by atoms with Crippen molar-refractivity contribution in [3.8, 4) is 11.8 Å². The fraction of sp³-hybridized carbons (Fsp3) is 0.364. The topological polar surface area (TPSA) is 97.0 Å². The Bertz CT molecular complexity index is 1000. The van der Waals surface area contributed by atoms with Crippen LogP contribution >= 0.6 is 0 Å². The van der Waals surface area contributed by atoms with Crippen molar-refractivity contribution in [2.45, 2.75) is 40.2 Å². The number of nitrogens with one attached hydrogen (secondary N) is 1. The quantitative estimate of drug-likeness (QED) is 0.556. The van der Waals surface area contributed by atoms with Crippen LogP contribution in [0.1, 0.15) is 37.7 Å². The Hall–Kier alpha value is -3.47. The van der Waals surface area contributed by atoms with E-state index < -0.39 is 24.0 Å². The molecule has 2 aromatic rings. The first-order valence-corrected chi connectivity index (χ1v) is 9.46. The molecule has 1 amide bonds. The summed E-state index contributed by atoms with van der Waals surface area (Å²) in [6.45, 7) is 8.38. The zero-order valence-corrected chi connectivity index (χ0v) is 17.7. The highest BCUT2D eigenvalue weighted by molar-refractivity contribution is 5.89. The molecule has 158 valence electrons. The second-order valence-corrected chi connectivity index (χ2v) is 7.43. The molecule has 0 radical (unpaired) electrons. The van der Waals surface area contributed by atoms with E-state index in [0.29, 0.717) is 11.4 Å². The molecule has 0 spiro atoms. The molecule has 2 rings (SSSR count). The summed E-state index contributed by atoms with van der Waals surface area (Å²) in [5.41, 5.74) is 1.82. The van der Waals surface area contributed by atoms with Crippen LogP contribution in [-0.2, 0) is 14.3 Å². The van der Waals surface area contributed by atoms with E-state index in [2.05, 4.69) is 16.5 Å². The summed E-state index contributed by atoms with van der Waals surface area (Å²) in [5.74, 6) is -1.69. The number of esters is 1. The zero-order valence-electron chi connectivity index (χ0n) is 17.7. The minimum Gasteiger partial charge on any atom is -0.452 e. The number of rotatable bonds is 7. The van der Waals surface area contributed by atoms with Crippen LogP contribution in [0, 0.1) is 36.9 Å². The summed E-state index contributed by atoms with van der Waals surface area (Å²) >= 11 is 0. The lowest BCUT2D eigenvalue weighted by atomic mass is 9.90. The van der Waals surface area contributed by atoms with Gasteiger partial charge in [-0.1, -0.05) is 13.8 Å². The molecule has 1 N–H and O–H groups in total. The van der Waals surface area contributed by atoms with E-state index in [-0.39, 0.29) is 11.7 Å². The molecule has 0 bridgehead atoms. The lowest BCUT2D eigenvalue weighted by Gasteiger charge is -2.27. The average Bonchev–Trinajstić information content (AvgIpc) is 2.98. The molecule has 1 heterocycles. The fourth-order valence-electron chi connectivity index (χ4n) is 2.69. The fourth-order valence-corrected chi connectivity index (χ4v) is 2.69. The molecule has 0 aliphatic rings. The van der Waals surface area contributed by atoms with Gasteiger partial charge in [-0.15, -0.1) is 0 Å². The van der Waals surface area contributed by atoms with Crippen molar-refractivity contribution in [2.24, 2.45) is 5.92 Å². The summed E-state index contributed by atoms with van der Waals surface area (Å²) in [6, 6.07) is 7.98. The predicted octanol–water partition coefficient (Wildman–Crippen LogP) is 3.24. The van der Waals surface area contributed by atoms with Crippen LogP contribution in [-0.4, -0.2) is 33.8 Å². The van der Waals surface area contributed by atoms with Crippen LogP contribution in [0.4, 0.5) is 4.39 Å². The third kappa shape index (κ3) is 5.32. The first kappa shape index (κ1) is 22.8. The van der Waals surface area contributed by atoms with Crippen LogP contribution in [0.25, 0.3) is 11.8 Å². The Labute approximate surface area is 175 Å². The Kier molecular flexibility index (Phi) is 7.11. The number of aromatic nitrogens is 2. The van der Waals surface area contributed by atoms with E-state index in [1.165, 1.54) is 18.2 Å². The maximum Gasteiger partial charge on any atom is 0.331 e. The van der Waals surface area contributed by atoms with Crippen molar-refractivity contribution >= 4 is 18.0 Å². The van der Waals surface area contributed by atoms with Gasteiger partial charge in [-0.2, -0.15) is 10.4 Å². The molecule has 0 saturated carbocycles. The van der Waals surface area contributed by atoms with Crippen LogP contribution in [0.3, 0.4) is 0 Å². The molecule has 0 fully saturated rings. The van der Waals surface area contributed by atoms with Gasteiger partial charge in [0.05, 0.1) is 17.5 Å². The number of benzene rings is 1. The SMILES string of the molecule is Cc1nn(-c2ccc(F)cc2)c(C)c1/C=C/C(=O)OCC(=O)NC(C)(C#N)C(C)C. The maximum absolute atomic E-state index is 13.1. The Balaban J connectivity index is 2.03. The van der Waals surface area contributed by atoms with E-state index in [4.69, 9.17) is 4.74 Å². The molecular weight excluding hydrogens is 387 g/mol. The zero-order chi connectivity index (χ0) is 22.5. The van der Waals surface area contributed by atoms with Gasteiger partial charge in [0.2, 0.25) is 0 Å². The Morgan fingerprint density at radius 3 is 2.53 bits per heavy atom. The first-order chi connectivity index (χ1) is 14.1. The van der Waals surface area contributed by atoms with Gasteiger partial charge >= 0.3 is 5.97 Å². The minimum atomic E-state index is -1.04. The number of carbonyl (C=O) groups is 2. The number of ether oxygens (including phenoxy) is 1. The summed E-state index contributed by atoms with van der Waals surface area (Å²) < 4.78 is 19.8. The number of nitrogens with zero attached hydrogens (tertiary/aromatic N) is 3. The highest BCUT2D eigenvalue weighted by atomic mass is 19.1. The second kappa shape index (κ2) is 9.35. The van der Waals surface area contributed by atoms with E-state index in [0.717, 1.165) is 11.3 Å². The molecule has 1 aromatic heterocycles. The summed E-state index contributed by atoms with van der Waals surface area (Å²) in [5, 5.41) is 16.2. The maximum atomic E-state index is 13.1. The van der Waals surface area contributed by atoms with Gasteiger partial charge in [-0.25, -0.2) is 13.9 Å². The largest absolute Gasteiger partial charge is 0.452 e. The number of halogens is 1. The van der Waals surface area contributed by atoms with Crippen LogP contribution in [0.2, 0.25) is 0 Å². The second-order valence-electron chi connectivity index (χ2n) is 7.43. The highest BCUT2D eigenvalue weighted by Crippen LogP contribution is 2.19. The monoisotopic (exact) mass is 412 g/mol. The number of carbonyl (C=O) groups excluding carboxylic acids is 2. The van der Waals surface area contributed by atoms with Crippen molar-refractivity contribution < 1.29 is 18.7 Å². The van der Waals surface area contributed by atoms with Gasteiger partial charge in [0, 0.05) is 17.3 Å². The van der Waals surface area contributed by atoms with Crippen molar-refractivity contribution in [3.63, 3.8) is 0 Å². The van der Waals surface area contributed by atoms with Gasteiger partial charge in [0.1, 0.15) is 11.4 Å². The number of nitriles is 1. The lowest BCUT2D eigenvalue weighted by Crippen LogP contribution is -2.50. The molecule has 1 unspecified atom stereocenters. The predicted molar refractivity (Wildman–Crippen MR) is 110 cm³/mol. The molecule has 7 nitrogen and oxygen atoms in total. The van der Waals surface area contributed by atoms with E-state index in [1.54, 1.807) is 36.7 Å². The number of aryl methyl sites for hydroxylation is 1. The van der Waals surface area contributed by atoms with Gasteiger partial charge in [0.25, 0.3) is 5.91 Å². The van der Waals surface area contributed by atoms with Crippen LogP contribution in [0.5, 0.6) is 0 Å². The number of amides is 1. The molecule has 0 saturated heterocycles. The molecule has 0 aliphatic carbocycles. The number of hydrogen-bond acceptors (Lipinski definition) is 5. The summed E-state index contributed by atoms with van der Waals surface area (Å²) in [6.07, 6.45) is 2.77. The van der Waals surface area contributed by atoms with Crippen molar-refractivity contribution in [1.82, 2.24) is 15.1 Å². The molecule has 0 aliphatic heterocycles. The lowest BCUT2D eigenvalue weighted by molar-refractivity contribution is -0.144. The van der Waals surface area contributed by atoms with E-state index in [9.17, 15) is 19.2 Å². The third-order valence-corrected chi connectivity index (χ3v) is 4.94. The van der Waals surface area contributed by atoms with Crippen molar-refractivity contribution in [2.75, 3.05) is 6.61 Å². The molecule has 1 atom stereocenters. The Morgan fingerprint density at radius 2 is 1.97 bits per heavy atom. The molecule has 30 heavy (non-hydrogen) atoms. The summed E-state index contributed by atoms with van der Waals surface area (Å²) in [7, 11) is 0. The smallest absolute Gasteiger partial charge is 0.331 e. The van der Waals surface area contributed by atoms with Gasteiger partial charge < -0.3 is 10.1 Å². The molecule has 8 heteroatoms. The van der Waals surface area contributed by atoms with E-state index >= 15 is 0 Å². The van der Waals surface area contributed by atoms with E-state index in [1.807, 2.05) is 20.8 Å². The molecular formula is C22H25FN4O3. The average molecular weight is 412 g/mol. The highest BCUT2D eigenvalue weighted by Gasteiger charge is 2.30. The molecule has 1 aromatic carbocycles. The normalized spacial score (nSPS) is 13.1. The first-order valence-electron chi connectivity index (χ1n) is 9.46. The Morgan fingerprint density at radius 1 is 1.33 bits per heavy atom. The van der Waals surface area contributed by atoms with Crippen LogP contribution in [0.15, 0.2) is 30.3 Å². The minimum absolute atomic E-state index is 0.106. The number of hydrogen-bond donors (Lipinski definition) is 1. The third-order valence-electron chi connectivity index (χ3n) is 4.94. The van der Waals surface area contributed by atoms with Gasteiger partial charge in [-0.3, -0.25) is 4.79 Å². The van der Waals surface area contributed by atoms with Gasteiger partial charge in [-0.05, 0) is 57.0 Å². The van der Waals surface area contributed by atoms with Gasteiger partial charge in [0.15, 0.2) is 6.61 Å². The van der Waals surface area contributed by atoms with Crippen molar-refractivity contribution in [1.29, 1.82) is 5.26 Å². The van der Waals surface area contributed by atoms with Crippen molar-refractivity contribution in [3.05, 3.63) is 53.1 Å². The standard InChI is InChI=1S/C22H25FN4O3/c1-14(2)22(5,13-24)25-20(28)12-30-21(29)11-10-19-15(3)26-27(16(19)4)18-8-6-17(23)7-9-18/h6-11,14H,12H2,1-5H3,(H,25,28)/b11-10+. The summed E-state index contributed by atoms with van der Waals surface area (Å²) in [4.78, 5) is 24.0. The van der Waals surface area contributed by atoms with Crippen LogP contribution < -0.4 is 5.32 Å².